The van der Waals surface area contributed by atoms with Gasteiger partial charge in [0.15, 0.2) is 5.82 Å². The van der Waals surface area contributed by atoms with Gasteiger partial charge < -0.3 is 4.74 Å². The van der Waals surface area contributed by atoms with Gasteiger partial charge in [-0.15, -0.1) is 0 Å². The van der Waals surface area contributed by atoms with Crippen LogP contribution in [-0.2, 0) is 31.0 Å². The molecule has 2 aliphatic heterocycles. The van der Waals surface area contributed by atoms with Crippen molar-refractivity contribution in [1.82, 2.24) is 19.2 Å². The fraction of sp³-hybridized carbons (Fsp3) is 0.550. The maximum Gasteiger partial charge on any atom is 0.332 e. The van der Waals surface area contributed by atoms with E-state index in [1.165, 1.54) is 15.3 Å². The predicted octanol–water partition coefficient (Wildman–Crippen LogP) is 1.13. The molecule has 0 amide bonds. The first kappa shape index (κ1) is 17.8. The number of ether oxygens (including phenoxy) is 1. The molecule has 0 N–H and O–H groups in total. The van der Waals surface area contributed by atoms with Crippen LogP contribution in [0.1, 0.15) is 30.7 Å². The van der Waals surface area contributed by atoms with Crippen LogP contribution in [0.3, 0.4) is 0 Å². The molecule has 148 valence electrons. The Morgan fingerprint density at radius 2 is 2.07 bits per heavy atom. The van der Waals surface area contributed by atoms with Crippen molar-refractivity contribution < 1.29 is 9.13 Å². The third-order valence-corrected chi connectivity index (χ3v) is 5.98. The molecule has 2 fully saturated rings. The Labute approximate surface area is 161 Å². The van der Waals surface area contributed by atoms with Gasteiger partial charge in [-0.1, -0.05) is 12.1 Å². The van der Waals surface area contributed by atoms with Crippen molar-refractivity contribution in [3.05, 3.63) is 62.2 Å². The number of benzene rings is 1. The summed E-state index contributed by atoms with van der Waals surface area (Å²) in [6, 6.07) is 6.59. The molecule has 1 saturated heterocycles. The minimum absolute atomic E-state index is 0.230. The third kappa shape index (κ3) is 3.31. The monoisotopic (exact) mass is 386 g/mol. The van der Waals surface area contributed by atoms with Crippen molar-refractivity contribution in [2.75, 3.05) is 13.1 Å². The quantitative estimate of drug-likeness (QED) is 0.737. The molecule has 1 atom stereocenters. The van der Waals surface area contributed by atoms with Crippen LogP contribution in [0.4, 0.5) is 4.39 Å². The van der Waals surface area contributed by atoms with Gasteiger partial charge in [-0.3, -0.25) is 19.1 Å². The summed E-state index contributed by atoms with van der Waals surface area (Å²) >= 11 is 0. The minimum atomic E-state index is -0.540. The average molecular weight is 386 g/mol. The fourth-order valence-corrected chi connectivity index (χ4v) is 4.27. The number of fused-ring (bicyclic) bond motifs is 1. The first-order valence-electron chi connectivity index (χ1n) is 9.83. The van der Waals surface area contributed by atoms with E-state index in [1.54, 1.807) is 12.1 Å². The summed E-state index contributed by atoms with van der Waals surface area (Å²) < 4.78 is 22.4. The second-order valence-corrected chi connectivity index (χ2v) is 8.30. The number of hydrogen-bond acceptors (Lipinski definition) is 5. The van der Waals surface area contributed by atoms with Crippen LogP contribution in [0, 0.1) is 11.7 Å². The number of hydrogen-bond donors (Lipinski definition) is 0. The highest BCUT2D eigenvalue weighted by atomic mass is 19.1. The number of halogens is 1. The summed E-state index contributed by atoms with van der Waals surface area (Å²) in [5.41, 5.74) is -0.629. The van der Waals surface area contributed by atoms with E-state index in [0.717, 1.165) is 31.4 Å². The Bertz CT molecular complexity index is 1030. The molecule has 0 radical (unpaired) electrons. The van der Waals surface area contributed by atoms with Crippen molar-refractivity contribution in [1.29, 1.82) is 0 Å². The average Bonchev–Trinajstić information content (AvgIpc) is 3.41. The minimum Gasteiger partial charge on any atom is -0.364 e. The van der Waals surface area contributed by atoms with Crippen molar-refractivity contribution in [3.63, 3.8) is 0 Å². The van der Waals surface area contributed by atoms with Gasteiger partial charge >= 0.3 is 11.1 Å². The first-order valence-corrected chi connectivity index (χ1v) is 9.83. The molecule has 3 aliphatic rings. The van der Waals surface area contributed by atoms with Gasteiger partial charge in [0.1, 0.15) is 18.0 Å². The van der Waals surface area contributed by atoms with Crippen LogP contribution >= 0.6 is 0 Å². The van der Waals surface area contributed by atoms with Gasteiger partial charge in [-0.05, 0) is 42.9 Å². The van der Waals surface area contributed by atoms with Gasteiger partial charge in [-0.25, -0.2) is 9.07 Å². The lowest BCUT2D eigenvalue weighted by Crippen LogP contribution is -2.53. The van der Waals surface area contributed by atoms with E-state index in [0.29, 0.717) is 37.9 Å². The smallest absolute Gasteiger partial charge is 0.332 e. The lowest BCUT2D eigenvalue weighted by atomic mass is 10.0. The molecule has 1 saturated carbocycles. The van der Waals surface area contributed by atoms with E-state index in [-0.39, 0.29) is 12.4 Å². The van der Waals surface area contributed by atoms with E-state index in [9.17, 15) is 14.0 Å². The summed E-state index contributed by atoms with van der Waals surface area (Å²) in [6.07, 6.45) is 2.94. The predicted molar refractivity (Wildman–Crippen MR) is 99.3 cm³/mol. The summed E-state index contributed by atoms with van der Waals surface area (Å²) in [5.74, 6) is 0.753. The van der Waals surface area contributed by atoms with Crippen LogP contribution in [0.2, 0.25) is 0 Å². The Hall–Kier alpha value is -2.32. The second-order valence-electron chi connectivity index (χ2n) is 8.30. The molecule has 8 heteroatoms. The fourth-order valence-electron chi connectivity index (χ4n) is 4.27. The maximum absolute atomic E-state index is 13.4. The van der Waals surface area contributed by atoms with E-state index in [4.69, 9.17) is 4.74 Å². The second kappa shape index (κ2) is 6.63. The van der Waals surface area contributed by atoms with Crippen molar-refractivity contribution in [3.8, 4) is 0 Å². The maximum atomic E-state index is 13.4. The molecule has 2 aromatic rings. The largest absolute Gasteiger partial charge is 0.364 e. The van der Waals surface area contributed by atoms with Gasteiger partial charge in [0.25, 0.3) is 0 Å². The van der Waals surface area contributed by atoms with Crippen molar-refractivity contribution in [2.45, 2.75) is 51.1 Å². The molecule has 1 aromatic heterocycles. The number of aromatic nitrogens is 3. The highest BCUT2D eigenvalue weighted by Crippen LogP contribution is 2.32. The molecule has 1 spiro atoms. The lowest BCUT2D eigenvalue weighted by Gasteiger charge is -2.35. The summed E-state index contributed by atoms with van der Waals surface area (Å²) in [4.78, 5) is 27.3. The Kier molecular flexibility index (Phi) is 4.21. The topological polar surface area (TPSA) is 69.4 Å². The highest BCUT2D eigenvalue weighted by Gasteiger charge is 2.43. The van der Waals surface area contributed by atoms with Gasteiger partial charge in [0, 0.05) is 26.2 Å². The molecule has 0 unspecified atom stereocenters. The van der Waals surface area contributed by atoms with Gasteiger partial charge in [0.2, 0.25) is 0 Å². The number of nitrogens with zero attached hydrogens (tertiary/aromatic N) is 4. The first-order chi connectivity index (χ1) is 13.5. The van der Waals surface area contributed by atoms with Crippen molar-refractivity contribution >= 4 is 0 Å². The van der Waals surface area contributed by atoms with E-state index < -0.39 is 16.7 Å². The van der Waals surface area contributed by atoms with Crippen molar-refractivity contribution in [2.24, 2.45) is 5.92 Å². The SMILES string of the molecule is O=c1c(=O)n2c(nn1CC1CC1)CO[C@]1(CCN(Cc3cccc(F)c3)C1)C2. The van der Waals surface area contributed by atoms with Gasteiger partial charge in [-0.2, -0.15) is 5.10 Å². The van der Waals surface area contributed by atoms with Crippen LogP contribution in [0.5, 0.6) is 0 Å². The molecule has 3 heterocycles. The molecule has 0 bridgehead atoms. The van der Waals surface area contributed by atoms with Crippen LogP contribution in [-0.4, -0.2) is 37.9 Å². The zero-order chi connectivity index (χ0) is 19.3. The number of rotatable bonds is 4. The molecule has 1 aromatic carbocycles. The Morgan fingerprint density at radius 3 is 2.86 bits per heavy atom. The molecule has 1 aliphatic carbocycles. The van der Waals surface area contributed by atoms with E-state index >= 15 is 0 Å². The van der Waals surface area contributed by atoms with Crippen LogP contribution in [0.15, 0.2) is 33.9 Å². The molecular weight excluding hydrogens is 363 g/mol. The zero-order valence-corrected chi connectivity index (χ0v) is 15.6. The molecule has 28 heavy (non-hydrogen) atoms. The lowest BCUT2D eigenvalue weighted by molar-refractivity contribution is -0.0859. The summed E-state index contributed by atoms with van der Waals surface area (Å²) in [5, 5.41) is 4.39. The van der Waals surface area contributed by atoms with E-state index in [1.807, 2.05) is 6.07 Å². The third-order valence-electron chi connectivity index (χ3n) is 5.98. The molecule has 7 nitrogen and oxygen atoms in total. The Balaban J connectivity index is 1.35. The normalized spacial score (nSPS) is 24.6. The summed E-state index contributed by atoms with van der Waals surface area (Å²) in [6.45, 7) is 3.16. The Morgan fingerprint density at radius 1 is 1.21 bits per heavy atom. The summed E-state index contributed by atoms with van der Waals surface area (Å²) in [7, 11) is 0. The van der Waals surface area contributed by atoms with Crippen LogP contribution in [0.25, 0.3) is 0 Å². The standard InChI is InChI=1S/C20H23FN4O3/c21-16-3-1-2-15(8-16)9-23-7-6-20(12-23)13-24-17(11-28-20)22-25(10-14-4-5-14)19(27)18(24)26/h1-3,8,14H,4-7,9-13H2/t20-/m0/s1. The number of likely N-dealkylation sites (tertiary alicyclic amines) is 1. The highest BCUT2D eigenvalue weighted by molar-refractivity contribution is 5.16. The zero-order valence-electron chi connectivity index (χ0n) is 15.6. The van der Waals surface area contributed by atoms with Gasteiger partial charge in [0.05, 0.1) is 6.54 Å². The molecular formula is C20H23FN4O3. The molecule has 5 rings (SSSR count). The van der Waals surface area contributed by atoms with E-state index in [2.05, 4.69) is 10.00 Å². The van der Waals surface area contributed by atoms with Crippen LogP contribution < -0.4 is 11.1 Å².